The summed E-state index contributed by atoms with van der Waals surface area (Å²) in [4.78, 5) is 5.32. The Balaban J connectivity index is 2.51. The van der Waals surface area contributed by atoms with E-state index in [2.05, 4.69) is 24.3 Å². The van der Waals surface area contributed by atoms with Gasteiger partial charge in [-0.1, -0.05) is 19.0 Å². The van der Waals surface area contributed by atoms with E-state index in [1.807, 2.05) is 24.3 Å². The Kier molecular flexibility index (Phi) is 7.50. The van der Waals surface area contributed by atoms with Crippen molar-refractivity contribution in [2.24, 2.45) is 22.5 Å². The molecule has 20 heavy (non-hydrogen) atoms. The molecule has 0 spiro atoms. The summed E-state index contributed by atoms with van der Waals surface area (Å²) in [6.07, 6.45) is 2.18. The lowest BCUT2D eigenvalue weighted by Crippen LogP contribution is -2.16. The molecule has 0 aromatic heterocycles. The summed E-state index contributed by atoms with van der Waals surface area (Å²) < 4.78 is 0. The van der Waals surface area contributed by atoms with Gasteiger partial charge in [0.2, 0.25) is 0 Å². The van der Waals surface area contributed by atoms with Crippen LogP contribution in [0.4, 0.5) is 5.69 Å². The Labute approximate surface area is 121 Å². The Hall–Kier alpha value is -1.75. The van der Waals surface area contributed by atoms with Gasteiger partial charge in [0, 0.05) is 24.3 Å². The van der Waals surface area contributed by atoms with Crippen LogP contribution < -0.4 is 16.8 Å². The minimum atomic E-state index is 0.404. The molecule has 0 aliphatic rings. The van der Waals surface area contributed by atoms with Crippen molar-refractivity contribution >= 4 is 11.5 Å². The summed E-state index contributed by atoms with van der Waals surface area (Å²) >= 11 is 0. The van der Waals surface area contributed by atoms with E-state index in [9.17, 15) is 0 Å². The van der Waals surface area contributed by atoms with Gasteiger partial charge in [0.15, 0.2) is 5.84 Å². The van der Waals surface area contributed by atoms with E-state index in [-0.39, 0.29) is 0 Å². The molecule has 112 valence electrons. The van der Waals surface area contributed by atoms with Gasteiger partial charge in [0.25, 0.3) is 0 Å². The fourth-order valence-corrected chi connectivity index (χ4v) is 1.76. The van der Waals surface area contributed by atoms with Crippen molar-refractivity contribution in [3.8, 4) is 0 Å². The van der Waals surface area contributed by atoms with Crippen LogP contribution in [0.2, 0.25) is 0 Å². The van der Waals surface area contributed by atoms with Crippen LogP contribution in [0.5, 0.6) is 0 Å². The Morgan fingerprint density at radius 3 is 2.45 bits per heavy atom. The molecule has 0 saturated carbocycles. The van der Waals surface area contributed by atoms with E-state index in [4.69, 9.17) is 16.3 Å². The molecular formula is C15H26N4O. The number of anilines is 1. The largest absolute Gasteiger partial charge is 0.394 e. The summed E-state index contributed by atoms with van der Waals surface area (Å²) in [6, 6.07) is 7.73. The van der Waals surface area contributed by atoms with Crippen LogP contribution in [0.15, 0.2) is 29.4 Å². The van der Waals surface area contributed by atoms with Crippen molar-refractivity contribution in [1.29, 1.82) is 0 Å². The van der Waals surface area contributed by atoms with E-state index < -0.39 is 0 Å². The second-order valence-corrected chi connectivity index (χ2v) is 4.75. The van der Waals surface area contributed by atoms with Crippen molar-refractivity contribution < 1.29 is 4.84 Å². The van der Waals surface area contributed by atoms with Crippen molar-refractivity contribution in [3.63, 3.8) is 0 Å². The monoisotopic (exact) mass is 278 g/mol. The molecule has 0 atom stereocenters. The highest BCUT2D eigenvalue weighted by Gasteiger charge is 2.04. The summed E-state index contributed by atoms with van der Waals surface area (Å²) in [6.45, 7) is 6.27. The average molecular weight is 278 g/mol. The van der Waals surface area contributed by atoms with Gasteiger partial charge in [-0.05, 0) is 43.0 Å². The first-order chi connectivity index (χ1) is 9.71. The van der Waals surface area contributed by atoms with Crippen LogP contribution in [-0.2, 0) is 4.84 Å². The van der Waals surface area contributed by atoms with Crippen LogP contribution >= 0.6 is 0 Å². The van der Waals surface area contributed by atoms with Crippen molar-refractivity contribution in [2.45, 2.75) is 26.7 Å². The van der Waals surface area contributed by atoms with Crippen LogP contribution in [-0.4, -0.2) is 25.5 Å². The molecule has 1 aromatic rings. The molecule has 5 N–H and O–H groups in total. The summed E-state index contributed by atoms with van der Waals surface area (Å²) in [5.74, 6) is 0.940. The normalized spacial score (nSPS) is 11.7. The molecule has 0 amide bonds. The van der Waals surface area contributed by atoms with Gasteiger partial charge >= 0.3 is 0 Å². The molecule has 5 nitrogen and oxygen atoms in total. The first kappa shape index (κ1) is 16.3. The molecule has 0 bridgehead atoms. The van der Waals surface area contributed by atoms with Gasteiger partial charge < -0.3 is 21.6 Å². The molecule has 0 saturated heterocycles. The lowest BCUT2D eigenvalue weighted by Gasteiger charge is -2.10. The first-order valence-electron chi connectivity index (χ1n) is 7.21. The quantitative estimate of drug-likeness (QED) is 0.367. The molecule has 5 heteroatoms. The SMILES string of the molecule is CCC(CC)CON=C(N)c1ccc(NCCN)cc1. The lowest BCUT2D eigenvalue weighted by molar-refractivity contribution is 0.104. The molecular weight excluding hydrogens is 252 g/mol. The summed E-state index contributed by atoms with van der Waals surface area (Å²) in [7, 11) is 0. The minimum Gasteiger partial charge on any atom is -0.394 e. The standard InChI is InChI=1S/C15H26N4O/c1-3-12(4-2)11-20-19-15(17)13-5-7-14(8-6-13)18-10-9-16/h5-8,12,18H,3-4,9-11,16H2,1-2H3,(H2,17,19). The fourth-order valence-electron chi connectivity index (χ4n) is 1.76. The molecule has 1 aromatic carbocycles. The maximum atomic E-state index is 5.90. The second-order valence-electron chi connectivity index (χ2n) is 4.75. The number of hydrogen-bond acceptors (Lipinski definition) is 4. The third kappa shape index (κ3) is 5.48. The highest BCUT2D eigenvalue weighted by molar-refractivity contribution is 5.97. The van der Waals surface area contributed by atoms with Crippen LogP contribution in [0.3, 0.4) is 0 Å². The van der Waals surface area contributed by atoms with E-state index in [0.29, 0.717) is 24.9 Å². The topological polar surface area (TPSA) is 85.7 Å². The van der Waals surface area contributed by atoms with Gasteiger partial charge in [0.05, 0.1) is 0 Å². The minimum absolute atomic E-state index is 0.404. The average Bonchev–Trinajstić information content (AvgIpc) is 2.50. The van der Waals surface area contributed by atoms with E-state index in [1.165, 1.54) is 0 Å². The highest BCUT2D eigenvalue weighted by atomic mass is 16.6. The highest BCUT2D eigenvalue weighted by Crippen LogP contribution is 2.10. The second kappa shape index (κ2) is 9.20. The van der Waals surface area contributed by atoms with E-state index in [1.54, 1.807) is 0 Å². The van der Waals surface area contributed by atoms with Gasteiger partial charge in [0.1, 0.15) is 6.61 Å². The summed E-state index contributed by atoms with van der Waals surface area (Å²) in [5, 5.41) is 7.17. The lowest BCUT2D eigenvalue weighted by atomic mass is 10.1. The number of benzene rings is 1. The zero-order valence-electron chi connectivity index (χ0n) is 12.4. The zero-order valence-corrected chi connectivity index (χ0v) is 12.4. The number of nitrogens with two attached hydrogens (primary N) is 2. The van der Waals surface area contributed by atoms with Gasteiger partial charge in [-0.3, -0.25) is 0 Å². The number of rotatable bonds is 9. The molecule has 0 fully saturated rings. The van der Waals surface area contributed by atoms with Crippen molar-refractivity contribution in [3.05, 3.63) is 29.8 Å². The van der Waals surface area contributed by atoms with Crippen molar-refractivity contribution in [2.75, 3.05) is 25.0 Å². The van der Waals surface area contributed by atoms with Crippen molar-refractivity contribution in [1.82, 2.24) is 0 Å². The summed E-state index contributed by atoms with van der Waals surface area (Å²) in [5.41, 5.74) is 13.2. The molecule has 0 aliphatic carbocycles. The number of hydrogen-bond donors (Lipinski definition) is 3. The van der Waals surface area contributed by atoms with Crippen LogP contribution in [0.25, 0.3) is 0 Å². The van der Waals surface area contributed by atoms with Gasteiger partial charge in [-0.15, -0.1) is 0 Å². The smallest absolute Gasteiger partial charge is 0.170 e. The number of oxime groups is 1. The number of amidine groups is 1. The zero-order chi connectivity index (χ0) is 14.8. The van der Waals surface area contributed by atoms with E-state index >= 15 is 0 Å². The first-order valence-corrected chi connectivity index (χ1v) is 7.21. The Morgan fingerprint density at radius 2 is 1.90 bits per heavy atom. The predicted octanol–water partition coefficient (Wildman–Crippen LogP) is 2.13. The fraction of sp³-hybridized carbons (Fsp3) is 0.533. The van der Waals surface area contributed by atoms with Gasteiger partial charge in [-0.25, -0.2) is 0 Å². The predicted molar refractivity (Wildman–Crippen MR) is 84.7 cm³/mol. The molecule has 0 radical (unpaired) electrons. The molecule has 1 rings (SSSR count). The van der Waals surface area contributed by atoms with E-state index in [0.717, 1.165) is 30.6 Å². The third-order valence-electron chi connectivity index (χ3n) is 3.28. The van der Waals surface area contributed by atoms with Gasteiger partial charge in [-0.2, -0.15) is 0 Å². The Bertz CT molecular complexity index is 399. The number of nitrogens with one attached hydrogen (secondary N) is 1. The maximum Gasteiger partial charge on any atom is 0.170 e. The molecule has 0 unspecified atom stereocenters. The molecule has 0 aliphatic heterocycles. The maximum absolute atomic E-state index is 5.90. The third-order valence-corrected chi connectivity index (χ3v) is 3.28. The van der Waals surface area contributed by atoms with Crippen LogP contribution in [0.1, 0.15) is 32.3 Å². The Morgan fingerprint density at radius 1 is 1.25 bits per heavy atom. The van der Waals surface area contributed by atoms with Crippen LogP contribution in [0, 0.1) is 5.92 Å². The number of nitrogens with zero attached hydrogens (tertiary/aromatic N) is 1. The molecule has 0 heterocycles.